The summed E-state index contributed by atoms with van der Waals surface area (Å²) in [5.41, 5.74) is 2.54. The smallest absolute Gasteiger partial charge is 0.341 e. The number of para-hydroxylation sites is 1. The highest BCUT2D eigenvalue weighted by Gasteiger charge is 2.62. The normalized spacial score (nSPS) is 23.0. The minimum Gasteiger partial charge on any atom is -0.465 e. The molecule has 2 aromatic heterocycles. The van der Waals surface area contributed by atoms with E-state index in [-0.39, 0.29) is 11.2 Å². The molecule has 232 valence electrons. The zero-order valence-corrected chi connectivity index (χ0v) is 26.2. The third-order valence-electron chi connectivity index (χ3n) is 9.24. The summed E-state index contributed by atoms with van der Waals surface area (Å²) in [6.45, 7) is 6.62. The number of rotatable bonds is 5. The van der Waals surface area contributed by atoms with E-state index in [9.17, 15) is 18.8 Å². The molecule has 10 heteroatoms. The molecule has 2 aliphatic heterocycles. The molecule has 0 saturated carbocycles. The molecular formula is C35H33FN2O6S. The van der Waals surface area contributed by atoms with Crippen molar-refractivity contribution in [3.8, 4) is 11.3 Å². The van der Waals surface area contributed by atoms with Gasteiger partial charge in [-0.3, -0.25) is 14.4 Å². The first-order valence-corrected chi connectivity index (χ1v) is 15.9. The number of anilines is 2. The number of halogens is 1. The van der Waals surface area contributed by atoms with Gasteiger partial charge < -0.3 is 9.15 Å². The quantitative estimate of drug-likeness (QED) is 0.172. The van der Waals surface area contributed by atoms with Gasteiger partial charge in [0, 0.05) is 10.4 Å². The van der Waals surface area contributed by atoms with E-state index >= 15 is 0 Å². The van der Waals surface area contributed by atoms with Gasteiger partial charge in [0.05, 0.1) is 18.4 Å². The lowest BCUT2D eigenvalue weighted by Crippen LogP contribution is -2.37. The summed E-state index contributed by atoms with van der Waals surface area (Å²) >= 11 is 1.33. The number of esters is 1. The van der Waals surface area contributed by atoms with Crippen molar-refractivity contribution in [1.82, 2.24) is 0 Å². The monoisotopic (exact) mass is 628 g/mol. The highest BCUT2D eigenvalue weighted by atomic mass is 32.1. The molecule has 3 aliphatic rings. The number of furan rings is 1. The Hall–Kier alpha value is -4.28. The maximum atomic E-state index is 14.4. The van der Waals surface area contributed by atoms with Gasteiger partial charge in [0.1, 0.15) is 34.3 Å². The van der Waals surface area contributed by atoms with Gasteiger partial charge in [0.25, 0.3) is 5.91 Å². The van der Waals surface area contributed by atoms with Crippen LogP contribution in [0.3, 0.4) is 0 Å². The summed E-state index contributed by atoms with van der Waals surface area (Å²) in [6, 6.07) is 17.9. The van der Waals surface area contributed by atoms with Crippen molar-refractivity contribution in [2.24, 2.45) is 17.3 Å². The highest BCUT2D eigenvalue weighted by molar-refractivity contribution is 7.17. The average molecular weight is 629 g/mol. The van der Waals surface area contributed by atoms with E-state index in [2.05, 4.69) is 20.8 Å². The topological polar surface area (TPSA) is 89.3 Å². The Balaban J connectivity index is 1.29. The molecule has 8 nitrogen and oxygen atoms in total. The van der Waals surface area contributed by atoms with Crippen LogP contribution < -0.4 is 9.96 Å². The number of hydrogen-bond donors (Lipinski definition) is 0. The largest absolute Gasteiger partial charge is 0.465 e. The van der Waals surface area contributed by atoms with Crippen molar-refractivity contribution in [1.29, 1.82) is 0 Å². The van der Waals surface area contributed by atoms with E-state index in [1.54, 1.807) is 29.3 Å². The number of amides is 2. The predicted molar refractivity (Wildman–Crippen MR) is 167 cm³/mol. The molecule has 0 bridgehead atoms. The Morgan fingerprint density at radius 1 is 1.00 bits per heavy atom. The summed E-state index contributed by atoms with van der Waals surface area (Å²) in [4.78, 5) is 50.2. The summed E-state index contributed by atoms with van der Waals surface area (Å²) in [7, 11) is 1.31. The Morgan fingerprint density at radius 3 is 2.42 bits per heavy atom. The first kappa shape index (κ1) is 29.4. The van der Waals surface area contributed by atoms with Gasteiger partial charge in [0.15, 0.2) is 6.10 Å². The van der Waals surface area contributed by atoms with E-state index in [1.807, 2.05) is 30.3 Å². The maximum Gasteiger partial charge on any atom is 0.341 e. The third kappa shape index (κ3) is 4.87. The molecule has 4 heterocycles. The van der Waals surface area contributed by atoms with Crippen LogP contribution in [0.4, 0.5) is 15.1 Å². The molecule has 45 heavy (non-hydrogen) atoms. The van der Waals surface area contributed by atoms with Crippen LogP contribution >= 0.6 is 11.3 Å². The van der Waals surface area contributed by atoms with Gasteiger partial charge in [-0.2, -0.15) is 0 Å². The van der Waals surface area contributed by atoms with Crippen molar-refractivity contribution >= 4 is 39.8 Å². The molecule has 7 rings (SSSR count). The van der Waals surface area contributed by atoms with Crippen molar-refractivity contribution in [3.63, 3.8) is 0 Å². The number of methoxy groups -OCH3 is 1. The number of benzene rings is 2. The summed E-state index contributed by atoms with van der Waals surface area (Å²) < 4.78 is 25.0. The summed E-state index contributed by atoms with van der Waals surface area (Å²) in [5.74, 6) is -1.57. The Morgan fingerprint density at radius 2 is 1.73 bits per heavy atom. The number of fused-ring (bicyclic) bond motifs is 2. The van der Waals surface area contributed by atoms with Crippen molar-refractivity contribution in [2.75, 3.05) is 17.1 Å². The van der Waals surface area contributed by atoms with E-state index in [0.717, 1.165) is 28.2 Å². The van der Waals surface area contributed by atoms with Gasteiger partial charge in [-0.15, -0.1) is 11.3 Å². The first-order valence-electron chi connectivity index (χ1n) is 15.0. The molecule has 2 aromatic carbocycles. The van der Waals surface area contributed by atoms with Crippen LogP contribution in [0.15, 0.2) is 71.1 Å². The standard InChI is InChI=1S/C35H33FN2O6S/c1-35(2,3)20-12-15-23-26(18-20)45-33(27(23)34(41)42-4)37-31(39)28-29(25-17-16-24(43-25)19-10-13-21(36)14-11-19)38(44-30(28)32(37)40)22-8-6-5-7-9-22/h5-11,13-14,16-17,20,28-30H,12,15,18H2,1-4H3/t20-,28+,29+,30+/m1/s1. The van der Waals surface area contributed by atoms with E-state index < -0.39 is 35.8 Å². The predicted octanol–water partition coefficient (Wildman–Crippen LogP) is 7.14. The van der Waals surface area contributed by atoms with Gasteiger partial charge in [-0.05, 0) is 84.7 Å². The highest BCUT2D eigenvalue weighted by Crippen LogP contribution is 2.52. The maximum absolute atomic E-state index is 14.4. The summed E-state index contributed by atoms with van der Waals surface area (Å²) in [5, 5.41) is 1.86. The zero-order chi connectivity index (χ0) is 31.6. The molecule has 0 spiro atoms. The molecule has 2 fully saturated rings. The SMILES string of the molecule is COC(=O)c1c(N2C(=O)[C@@H]3[C@H](ON(c4ccccc4)[C@H]3c3ccc(-c4ccc(F)cc4)o3)C2=O)sc2c1CC[C@@H](C(C)(C)C)C2. The zero-order valence-electron chi connectivity index (χ0n) is 25.4. The molecule has 4 atom stereocenters. The van der Waals surface area contributed by atoms with Crippen LogP contribution in [-0.4, -0.2) is 31.0 Å². The van der Waals surface area contributed by atoms with Gasteiger partial charge in [0.2, 0.25) is 5.91 Å². The van der Waals surface area contributed by atoms with Crippen molar-refractivity contribution in [2.45, 2.75) is 52.2 Å². The number of hydroxylamine groups is 1. The van der Waals surface area contributed by atoms with Crippen molar-refractivity contribution in [3.05, 3.63) is 94.3 Å². The summed E-state index contributed by atoms with van der Waals surface area (Å²) in [6.07, 6.45) is 1.20. The first-order chi connectivity index (χ1) is 21.6. The molecule has 2 amide bonds. The second-order valence-electron chi connectivity index (χ2n) is 12.9. The molecule has 0 radical (unpaired) electrons. The fourth-order valence-corrected chi connectivity index (χ4v) is 8.19. The molecule has 2 saturated heterocycles. The van der Waals surface area contributed by atoms with Crippen LogP contribution in [0.5, 0.6) is 0 Å². The Labute approximate surface area is 264 Å². The van der Waals surface area contributed by atoms with E-state index in [4.69, 9.17) is 14.0 Å². The van der Waals surface area contributed by atoms with Gasteiger partial charge in [-0.25, -0.2) is 19.1 Å². The Kier molecular flexibility index (Phi) is 7.17. The number of thiophene rings is 1. The second-order valence-corrected chi connectivity index (χ2v) is 13.9. The fourth-order valence-electron chi connectivity index (χ4n) is 6.76. The Bertz CT molecular complexity index is 1790. The lowest BCUT2D eigenvalue weighted by molar-refractivity contribution is -0.126. The van der Waals surface area contributed by atoms with Crippen LogP contribution in [0, 0.1) is 23.1 Å². The van der Waals surface area contributed by atoms with Gasteiger partial charge >= 0.3 is 5.97 Å². The van der Waals surface area contributed by atoms with Gasteiger partial charge in [-0.1, -0.05) is 39.0 Å². The molecule has 4 aromatic rings. The van der Waals surface area contributed by atoms with Crippen LogP contribution in [0.25, 0.3) is 11.3 Å². The number of hydrogen-bond acceptors (Lipinski definition) is 8. The minimum absolute atomic E-state index is 0.0708. The minimum atomic E-state index is -1.13. The molecule has 0 unspecified atom stereocenters. The lowest BCUT2D eigenvalue weighted by Gasteiger charge is -2.33. The van der Waals surface area contributed by atoms with Crippen molar-refractivity contribution < 1.29 is 32.8 Å². The molecule has 1 aliphatic carbocycles. The average Bonchev–Trinajstić information content (AvgIpc) is 3.79. The number of nitrogens with zero attached hydrogens (tertiary/aromatic N) is 2. The number of imide groups is 1. The fraction of sp³-hybridized carbons (Fsp3) is 0.343. The number of carbonyl (C=O) groups is 3. The molecule has 0 N–H and O–H groups in total. The third-order valence-corrected chi connectivity index (χ3v) is 10.5. The van der Waals surface area contributed by atoms with Crippen LogP contribution in [0.2, 0.25) is 0 Å². The number of carbonyl (C=O) groups excluding carboxylic acids is 3. The lowest BCUT2D eigenvalue weighted by atomic mass is 9.72. The number of ether oxygens (including phenoxy) is 1. The second kappa shape index (κ2) is 11.0. The van der Waals surface area contributed by atoms with Crippen LogP contribution in [0.1, 0.15) is 59.8 Å². The molecular weight excluding hydrogens is 595 g/mol. The van der Waals surface area contributed by atoms with E-state index in [0.29, 0.717) is 45.7 Å². The van der Waals surface area contributed by atoms with E-state index in [1.165, 1.54) is 30.6 Å². The van der Waals surface area contributed by atoms with Crippen LogP contribution in [-0.2, 0) is 32.0 Å².